The molecule has 0 spiro atoms. The van der Waals surface area contributed by atoms with Crippen molar-refractivity contribution in [2.45, 2.75) is 65.6 Å². The average molecular weight is 498 g/mol. The lowest BCUT2D eigenvalue weighted by Gasteiger charge is -2.33. The van der Waals surface area contributed by atoms with Crippen LogP contribution in [0.4, 0.5) is 10.5 Å². The second kappa shape index (κ2) is 12.4. The summed E-state index contributed by atoms with van der Waals surface area (Å²) in [4.78, 5) is 41.0. The number of carbonyl (C=O) groups is 3. The van der Waals surface area contributed by atoms with Crippen LogP contribution in [-0.2, 0) is 20.7 Å². The Labute approximate surface area is 214 Å². The number of methoxy groups -OCH3 is 1. The van der Waals surface area contributed by atoms with Gasteiger partial charge in [0, 0.05) is 12.7 Å². The van der Waals surface area contributed by atoms with Crippen molar-refractivity contribution >= 4 is 23.6 Å². The zero-order valence-corrected chi connectivity index (χ0v) is 22.5. The van der Waals surface area contributed by atoms with Crippen LogP contribution in [0.25, 0.3) is 0 Å². The molecule has 2 rings (SSSR count). The molecule has 196 valence electrons. The van der Waals surface area contributed by atoms with Crippen LogP contribution < -0.4 is 15.4 Å². The van der Waals surface area contributed by atoms with Gasteiger partial charge in [0.15, 0.2) is 0 Å². The lowest BCUT2D eigenvalue weighted by Crippen LogP contribution is -2.53. The molecule has 0 aromatic heterocycles. The molecule has 8 heteroatoms. The molecule has 0 bridgehead atoms. The number of likely N-dealkylation sites (N-methyl/N-ethyl adjacent to an activating group) is 1. The van der Waals surface area contributed by atoms with Crippen LogP contribution >= 0.6 is 0 Å². The number of nitrogens with one attached hydrogen (secondary N) is 2. The Morgan fingerprint density at radius 1 is 0.972 bits per heavy atom. The molecular weight excluding hydrogens is 458 g/mol. The lowest BCUT2D eigenvalue weighted by molar-refractivity contribution is -0.140. The standard InChI is InChI=1S/C28H39N3O5/c1-9-19-10-12-20(13-11-19)24(25(32)29-21-14-16-22(35-8)17-15-21)31(7)26(33)23(18(2)3)30-27(34)36-28(4,5)6/h10-18,23-24H,9H2,1-8H3,(H,29,32)(H,30,34). The van der Waals surface area contributed by atoms with Gasteiger partial charge in [-0.3, -0.25) is 9.59 Å². The van der Waals surface area contributed by atoms with Gasteiger partial charge < -0.3 is 25.0 Å². The molecule has 0 saturated heterocycles. The summed E-state index contributed by atoms with van der Waals surface area (Å²) in [6.07, 6.45) is 0.168. The number of ether oxygens (including phenoxy) is 2. The maximum atomic E-state index is 13.6. The van der Waals surface area contributed by atoms with Crippen LogP contribution in [0.5, 0.6) is 5.75 Å². The Kier molecular flexibility index (Phi) is 9.90. The minimum atomic E-state index is -0.924. The number of hydrogen-bond donors (Lipinski definition) is 2. The predicted octanol–water partition coefficient (Wildman–Crippen LogP) is 4.95. The van der Waals surface area contributed by atoms with Crippen molar-refractivity contribution in [1.82, 2.24) is 10.2 Å². The van der Waals surface area contributed by atoms with Gasteiger partial charge in [0.1, 0.15) is 23.4 Å². The van der Waals surface area contributed by atoms with Crippen molar-refractivity contribution in [3.05, 3.63) is 59.7 Å². The zero-order chi connectivity index (χ0) is 27.0. The number of nitrogens with zero attached hydrogens (tertiary/aromatic N) is 1. The maximum Gasteiger partial charge on any atom is 0.408 e. The van der Waals surface area contributed by atoms with Gasteiger partial charge in [0.25, 0.3) is 5.91 Å². The molecule has 2 aromatic carbocycles. The minimum Gasteiger partial charge on any atom is -0.497 e. The number of amides is 3. The number of hydrogen-bond acceptors (Lipinski definition) is 5. The van der Waals surface area contributed by atoms with Crippen LogP contribution in [0.2, 0.25) is 0 Å². The average Bonchev–Trinajstić information content (AvgIpc) is 2.81. The Hall–Kier alpha value is -3.55. The van der Waals surface area contributed by atoms with E-state index in [0.29, 0.717) is 17.0 Å². The molecule has 2 atom stereocenters. The third-order valence-electron chi connectivity index (χ3n) is 5.65. The smallest absolute Gasteiger partial charge is 0.408 e. The highest BCUT2D eigenvalue weighted by Gasteiger charge is 2.35. The van der Waals surface area contributed by atoms with E-state index in [1.54, 1.807) is 59.2 Å². The van der Waals surface area contributed by atoms with E-state index >= 15 is 0 Å². The van der Waals surface area contributed by atoms with E-state index < -0.39 is 29.7 Å². The molecule has 0 saturated carbocycles. The summed E-state index contributed by atoms with van der Waals surface area (Å²) in [5.41, 5.74) is 1.65. The van der Waals surface area contributed by atoms with Crippen molar-refractivity contribution in [1.29, 1.82) is 0 Å². The summed E-state index contributed by atoms with van der Waals surface area (Å²) >= 11 is 0. The second-order valence-electron chi connectivity index (χ2n) is 10.0. The lowest BCUT2D eigenvalue weighted by atomic mass is 9.98. The number of benzene rings is 2. The van der Waals surface area contributed by atoms with Crippen molar-refractivity contribution in [3.8, 4) is 5.75 Å². The predicted molar refractivity (Wildman–Crippen MR) is 141 cm³/mol. The van der Waals surface area contributed by atoms with Crippen LogP contribution in [0.1, 0.15) is 58.7 Å². The Balaban J connectivity index is 2.36. The highest BCUT2D eigenvalue weighted by Crippen LogP contribution is 2.25. The number of alkyl carbamates (subject to hydrolysis) is 1. The fourth-order valence-corrected chi connectivity index (χ4v) is 3.67. The van der Waals surface area contributed by atoms with Crippen LogP contribution in [-0.4, -0.2) is 48.6 Å². The summed E-state index contributed by atoms with van der Waals surface area (Å²) in [6.45, 7) is 11.0. The first-order valence-corrected chi connectivity index (χ1v) is 12.2. The first-order valence-electron chi connectivity index (χ1n) is 12.2. The van der Waals surface area contributed by atoms with Gasteiger partial charge in [-0.25, -0.2) is 4.79 Å². The van der Waals surface area contributed by atoms with Gasteiger partial charge in [0.2, 0.25) is 5.91 Å². The van der Waals surface area contributed by atoms with Crippen molar-refractivity contribution in [2.75, 3.05) is 19.5 Å². The zero-order valence-electron chi connectivity index (χ0n) is 22.5. The van der Waals surface area contributed by atoms with Crippen LogP contribution in [0.15, 0.2) is 48.5 Å². The van der Waals surface area contributed by atoms with E-state index in [9.17, 15) is 14.4 Å². The second-order valence-corrected chi connectivity index (χ2v) is 10.0. The van der Waals surface area contributed by atoms with E-state index in [1.807, 2.05) is 45.0 Å². The van der Waals surface area contributed by atoms with E-state index in [1.165, 1.54) is 4.90 Å². The molecule has 0 radical (unpaired) electrons. The van der Waals surface area contributed by atoms with E-state index in [4.69, 9.17) is 9.47 Å². The van der Waals surface area contributed by atoms with Crippen molar-refractivity contribution in [2.24, 2.45) is 5.92 Å². The molecule has 8 nitrogen and oxygen atoms in total. The first kappa shape index (κ1) is 28.7. The highest BCUT2D eigenvalue weighted by atomic mass is 16.6. The van der Waals surface area contributed by atoms with Gasteiger partial charge in [-0.1, -0.05) is 45.0 Å². The van der Waals surface area contributed by atoms with Gasteiger partial charge >= 0.3 is 6.09 Å². The highest BCUT2D eigenvalue weighted by molar-refractivity contribution is 5.99. The van der Waals surface area contributed by atoms with Crippen LogP contribution in [0, 0.1) is 5.92 Å². The molecule has 3 amide bonds. The van der Waals surface area contributed by atoms with E-state index in [2.05, 4.69) is 10.6 Å². The quantitative estimate of drug-likeness (QED) is 0.511. The monoisotopic (exact) mass is 497 g/mol. The molecule has 36 heavy (non-hydrogen) atoms. The summed E-state index contributed by atoms with van der Waals surface area (Å²) < 4.78 is 10.5. The molecule has 0 aliphatic heterocycles. The fourth-order valence-electron chi connectivity index (χ4n) is 3.67. The van der Waals surface area contributed by atoms with Gasteiger partial charge in [0.05, 0.1) is 7.11 Å². The number of rotatable bonds is 9. The molecule has 2 N–H and O–H groups in total. The molecule has 2 unspecified atom stereocenters. The van der Waals surface area contributed by atoms with Crippen molar-refractivity contribution < 1.29 is 23.9 Å². The van der Waals surface area contributed by atoms with Crippen molar-refractivity contribution in [3.63, 3.8) is 0 Å². The summed E-state index contributed by atoms with van der Waals surface area (Å²) in [7, 11) is 3.14. The normalized spacial score (nSPS) is 12.9. The molecule has 2 aromatic rings. The van der Waals surface area contributed by atoms with Gasteiger partial charge in [-0.15, -0.1) is 0 Å². The summed E-state index contributed by atoms with van der Waals surface area (Å²) in [6, 6.07) is 12.8. The number of anilines is 1. The third-order valence-corrected chi connectivity index (χ3v) is 5.65. The Morgan fingerprint density at radius 2 is 1.56 bits per heavy atom. The SMILES string of the molecule is CCc1ccc(C(C(=O)Nc2ccc(OC)cc2)N(C)C(=O)C(NC(=O)OC(C)(C)C)C(C)C)cc1. The number of aryl methyl sites for hydroxylation is 1. The summed E-state index contributed by atoms with van der Waals surface area (Å²) in [5, 5.41) is 5.58. The maximum absolute atomic E-state index is 13.6. The largest absolute Gasteiger partial charge is 0.497 e. The Bertz CT molecular complexity index is 1030. The molecule has 0 heterocycles. The van der Waals surface area contributed by atoms with E-state index in [0.717, 1.165) is 12.0 Å². The fraction of sp³-hybridized carbons (Fsp3) is 0.464. The summed E-state index contributed by atoms with van der Waals surface area (Å²) in [5.74, 6) is -0.342. The minimum absolute atomic E-state index is 0.236. The molecule has 0 aliphatic rings. The third kappa shape index (κ3) is 8.00. The number of carbonyl (C=O) groups excluding carboxylic acids is 3. The van der Waals surface area contributed by atoms with E-state index in [-0.39, 0.29) is 11.8 Å². The molecule has 0 aliphatic carbocycles. The topological polar surface area (TPSA) is 97.0 Å². The van der Waals surface area contributed by atoms with Crippen LogP contribution in [0.3, 0.4) is 0 Å². The molecule has 0 fully saturated rings. The Morgan fingerprint density at radius 3 is 2.03 bits per heavy atom. The first-order chi connectivity index (χ1) is 16.9. The van der Waals surface area contributed by atoms with Gasteiger partial charge in [-0.05, 0) is 68.5 Å². The molecular formula is C28H39N3O5. The van der Waals surface area contributed by atoms with Gasteiger partial charge in [-0.2, -0.15) is 0 Å².